The maximum absolute atomic E-state index is 11.8. The van der Waals surface area contributed by atoms with Crippen molar-refractivity contribution in [2.75, 3.05) is 12.3 Å². The second kappa shape index (κ2) is 6.56. The molecular formula is C18H20N2O2S. The first-order valence-corrected chi connectivity index (χ1v) is 9.34. The van der Waals surface area contributed by atoms with E-state index in [1.165, 1.54) is 0 Å². The van der Waals surface area contributed by atoms with E-state index >= 15 is 0 Å². The lowest BCUT2D eigenvalue weighted by Gasteiger charge is -2.18. The van der Waals surface area contributed by atoms with E-state index in [0.29, 0.717) is 6.54 Å². The fraction of sp³-hybridized carbons (Fsp3) is 0.222. The zero-order valence-electron chi connectivity index (χ0n) is 13.0. The molecule has 0 unspecified atom stereocenters. The molecule has 0 aliphatic rings. The van der Waals surface area contributed by atoms with Gasteiger partial charge in [-0.15, -0.1) is 0 Å². The monoisotopic (exact) mass is 328 g/mol. The van der Waals surface area contributed by atoms with E-state index in [0.717, 1.165) is 22.0 Å². The van der Waals surface area contributed by atoms with E-state index < -0.39 is 10.0 Å². The summed E-state index contributed by atoms with van der Waals surface area (Å²) < 4.78 is 26.4. The molecule has 0 saturated carbocycles. The van der Waals surface area contributed by atoms with Crippen molar-refractivity contribution in [1.29, 1.82) is 0 Å². The van der Waals surface area contributed by atoms with E-state index in [9.17, 15) is 8.42 Å². The molecule has 2 N–H and O–H groups in total. The van der Waals surface area contributed by atoms with Crippen molar-refractivity contribution in [1.82, 2.24) is 9.71 Å². The number of nitrogens with one attached hydrogen (secondary N) is 2. The Labute approximate surface area is 136 Å². The predicted octanol–water partition coefficient (Wildman–Crippen LogP) is 3.24. The molecule has 3 aromatic rings. The van der Waals surface area contributed by atoms with Gasteiger partial charge in [-0.2, -0.15) is 0 Å². The van der Waals surface area contributed by atoms with Gasteiger partial charge in [0.1, 0.15) is 0 Å². The first kappa shape index (κ1) is 15.8. The third-order valence-corrected chi connectivity index (χ3v) is 5.45. The molecule has 0 radical (unpaired) electrons. The van der Waals surface area contributed by atoms with Crippen molar-refractivity contribution in [2.24, 2.45) is 0 Å². The Morgan fingerprint density at radius 1 is 1.04 bits per heavy atom. The maximum atomic E-state index is 11.8. The number of fused-ring (bicyclic) bond motifs is 1. The lowest BCUT2D eigenvalue weighted by Crippen LogP contribution is -2.30. The van der Waals surface area contributed by atoms with E-state index in [2.05, 4.69) is 15.8 Å². The third kappa shape index (κ3) is 3.46. The lowest BCUT2D eigenvalue weighted by atomic mass is 9.91. The zero-order chi connectivity index (χ0) is 16.3. The summed E-state index contributed by atoms with van der Waals surface area (Å²) in [6.45, 7) is 1.99. The number of rotatable bonds is 6. The van der Waals surface area contributed by atoms with Crippen LogP contribution < -0.4 is 4.72 Å². The Hall–Kier alpha value is -2.11. The van der Waals surface area contributed by atoms with Crippen LogP contribution in [-0.4, -0.2) is 25.7 Å². The summed E-state index contributed by atoms with van der Waals surface area (Å²) in [5.74, 6) is 0.0521. The minimum Gasteiger partial charge on any atom is -0.361 e. The van der Waals surface area contributed by atoms with Crippen molar-refractivity contribution in [3.8, 4) is 0 Å². The molecule has 1 aromatic heterocycles. The Bertz CT molecular complexity index is 886. The summed E-state index contributed by atoms with van der Waals surface area (Å²) in [5, 5.41) is 1.12. The summed E-state index contributed by atoms with van der Waals surface area (Å²) in [6, 6.07) is 18.1. The highest BCUT2D eigenvalue weighted by Gasteiger charge is 2.20. The van der Waals surface area contributed by atoms with Gasteiger partial charge in [0.15, 0.2) is 0 Å². The van der Waals surface area contributed by atoms with Gasteiger partial charge in [0.25, 0.3) is 0 Å². The normalized spacial score (nSPS) is 13.3. The molecule has 4 nitrogen and oxygen atoms in total. The van der Waals surface area contributed by atoms with Crippen molar-refractivity contribution in [3.05, 3.63) is 71.9 Å². The molecular weight excluding hydrogens is 308 g/mol. The Kier molecular flexibility index (Phi) is 4.50. The van der Waals surface area contributed by atoms with Gasteiger partial charge in [0.05, 0.1) is 5.75 Å². The molecule has 1 atom stereocenters. The van der Waals surface area contributed by atoms with Gasteiger partial charge < -0.3 is 4.98 Å². The molecule has 0 spiro atoms. The standard InChI is InChI=1S/C18H20N2O2S/c1-2-23(21,22)20-13-16(14-8-4-3-5-9-14)17-12-19-18-11-7-6-10-15(17)18/h3-12,16,19-20H,2,13H2,1H3/t16-/m0/s1. The van der Waals surface area contributed by atoms with Gasteiger partial charge in [0.2, 0.25) is 10.0 Å². The molecule has 0 aliphatic carbocycles. The van der Waals surface area contributed by atoms with Gasteiger partial charge in [-0.05, 0) is 24.1 Å². The average Bonchev–Trinajstić information content (AvgIpc) is 3.00. The molecule has 120 valence electrons. The Morgan fingerprint density at radius 3 is 2.48 bits per heavy atom. The highest BCUT2D eigenvalue weighted by atomic mass is 32.2. The minimum absolute atomic E-state index is 0.0336. The fourth-order valence-electron chi connectivity index (χ4n) is 2.79. The van der Waals surface area contributed by atoms with Crippen LogP contribution in [0.15, 0.2) is 60.8 Å². The summed E-state index contributed by atoms with van der Waals surface area (Å²) in [7, 11) is -3.23. The van der Waals surface area contributed by atoms with Crippen molar-refractivity contribution >= 4 is 20.9 Å². The summed E-state index contributed by atoms with van der Waals surface area (Å²) >= 11 is 0. The highest BCUT2D eigenvalue weighted by Crippen LogP contribution is 2.30. The first-order valence-electron chi connectivity index (χ1n) is 7.69. The highest BCUT2D eigenvalue weighted by molar-refractivity contribution is 7.89. The number of aromatic amines is 1. The maximum Gasteiger partial charge on any atom is 0.211 e. The van der Waals surface area contributed by atoms with Crippen LogP contribution in [0.3, 0.4) is 0 Å². The van der Waals surface area contributed by atoms with Crippen molar-refractivity contribution in [3.63, 3.8) is 0 Å². The van der Waals surface area contributed by atoms with E-state index in [1.54, 1.807) is 6.92 Å². The molecule has 1 heterocycles. The molecule has 2 aromatic carbocycles. The van der Waals surface area contributed by atoms with Crippen molar-refractivity contribution < 1.29 is 8.42 Å². The summed E-state index contributed by atoms with van der Waals surface area (Å²) in [4.78, 5) is 3.27. The largest absolute Gasteiger partial charge is 0.361 e. The zero-order valence-corrected chi connectivity index (χ0v) is 13.8. The van der Waals surface area contributed by atoms with Crippen LogP contribution in [0.1, 0.15) is 24.0 Å². The second-order valence-corrected chi connectivity index (χ2v) is 7.60. The number of para-hydroxylation sites is 1. The molecule has 5 heteroatoms. The van der Waals surface area contributed by atoms with Crippen LogP contribution in [0.25, 0.3) is 10.9 Å². The molecule has 3 rings (SSSR count). The second-order valence-electron chi connectivity index (χ2n) is 5.50. The minimum atomic E-state index is -3.23. The van der Waals surface area contributed by atoms with Crippen LogP contribution in [0.4, 0.5) is 0 Å². The molecule has 23 heavy (non-hydrogen) atoms. The van der Waals surface area contributed by atoms with Crippen LogP contribution >= 0.6 is 0 Å². The summed E-state index contributed by atoms with van der Waals surface area (Å²) in [5.41, 5.74) is 3.25. The van der Waals surface area contributed by atoms with Gasteiger partial charge in [-0.3, -0.25) is 0 Å². The van der Waals surface area contributed by atoms with Crippen LogP contribution in [-0.2, 0) is 10.0 Å². The van der Waals surface area contributed by atoms with Crippen LogP contribution in [0.5, 0.6) is 0 Å². The van der Waals surface area contributed by atoms with E-state index in [-0.39, 0.29) is 11.7 Å². The Morgan fingerprint density at radius 2 is 1.74 bits per heavy atom. The third-order valence-electron chi connectivity index (χ3n) is 4.09. The number of benzene rings is 2. The smallest absolute Gasteiger partial charge is 0.211 e. The van der Waals surface area contributed by atoms with Crippen LogP contribution in [0, 0.1) is 0 Å². The number of aromatic nitrogens is 1. The number of hydrogen-bond donors (Lipinski definition) is 2. The average molecular weight is 328 g/mol. The Balaban J connectivity index is 2.02. The van der Waals surface area contributed by atoms with Gasteiger partial charge >= 0.3 is 0 Å². The van der Waals surface area contributed by atoms with Gasteiger partial charge in [-0.25, -0.2) is 13.1 Å². The van der Waals surface area contributed by atoms with E-state index in [4.69, 9.17) is 0 Å². The number of sulfonamides is 1. The first-order chi connectivity index (χ1) is 11.1. The lowest BCUT2D eigenvalue weighted by molar-refractivity contribution is 0.579. The number of H-pyrrole nitrogens is 1. The van der Waals surface area contributed by atoms with Gasteiger partial charge in [-0.1, -0.05) is 48.5 Å². The van der Waals surface area contributed by atoms with E-state index in [1.807, 2.05) is 54.7 Å². The fourth-order valence-corrected chi connectivity index (χ4v) is 3.41. The SMILES string of the molecule is CCS(=O)(=O)NC[C@@H](c1ccccc1)c1c[nH]c2ccccc12. The predicted molar refractivity (Wildman–Crippen MR) is 94.0 cm³/mol. The molecule has 0 aliphatic heterocycles. The molecule has 0 bridgehead atoms. The molecule has 0 saturated heterocycles. The molecule has 0 amide bonds. The van der Waals surface area contributed by atoms with Gasteiger partial charge in [0, 0.05) is 29.6 Å². The summed E-state index contributed by atoms with van der Waals surface area (Å²) in [6.07, 6.45) is 1.97. The topological polar surface area (TPSA) is 62.0 Å². The van der Waals surface area contributed by atoms with Crippen molar-refractivity contribution in [2.45, 2.75) is 12.8 Å². The van der Waals surface area contributed by atoms with Crippen LogP contribution in [0.2, 0.25) is 0 Å². The quantitative estimate of drug-likeness (QED) is 0.730. The molecule has 0 fully saturated rings. The number of hydrogen-bond acceptors (Lipinski definition) is 2.